The first-order valence-electron chi connectivity index (χ1n) is 5.97. The summed E-state index contributed by atoms with van der Waals surface area (Å²) in [5, 5.41) is 14.9. The molecule has 0 radical (unpaired) electrons. The highest BCUT2D eigenvalue weighted by Crippen LogP contribution is 2.40. The molecule has 4 N–H and O–H groups in total. The highest BCUT2D eigenvalue weighted by atomic mass is 35.5. The predicted octanol–water partition coefficient (Wildman–Crippen LogP) is 2.25. The molecule has 1 aliphatic heterocycles. The van der Waals surface area contributed by atoms with Crippen LogP contribution in [0.3, 0.4) is 0 Å². The first-order valence-corrected chi connectivity index (χ1v) is 6.35. The zero-order valence-corrected chi connectivity index (χ0v) is 11.1. The lowest BCUT2D eigenvalue weighted by atomic mass is 9.91. The molecule has 3 rings (SSSR count). The number of carbonyl (C=O) groups is 1. The smallest absolute Gasteiger partial charge is 0.339 e. The summed E-state index contributed by atoms with van der Waals surface area (Å²) in [6, 6.07) is 13.0. The zero-order valence-electron chi connectivity index (χ0n) is 10.4. The van der Waals surface area contributed by atoms with Crippen molar-refractivity contribution in [3.63, 3.8) is 0 Å². The van der Waals surface area contributed by atoms with E-state index >= 15 is 0 Å². The second kappa shape index (κ2) is 4.49. The van der Waals surface area contributed by atoms with Gasteiger partial charge in [-0.1, -0.05) is 41.9 Å². The largest absolute Gasteiger partial charge is 0.362 e. The number of carbonyl (C=O) groups excluding carboxylic acids is 1. The van der Waals surface area contributed by atoms with Gasteiger partial charge in [-0.25, -0.2) is 15.6 Å². The minimum absolute atomic E-state index is 0.429. The molecule has 0 saturated heterocycles. The molecule has 0 spiro atoms. The second-order valence-electron chi connectivity index (χ2n) is 4.53. The number of aliphatic hydroxyl groups is 1. The Morgan fingerprint density at radius 2 is 1.90 bits per heavy atom. The van der Waals surface area contributed by atoms with Crippen molar-refractivity contribution in [2.45, 2.75) is 5.72 Å². The van der Waals surface area contributed by atoms with E-state index in [2.05, 4.69) is 5.32 Å². The molecule has 1 atom stereocenters. The Kier molecular flexibility index (Phi) is 2.90. The predicted molar refractivity (Wildman–Crippen MR) is 75.9 cm³/mol. The van der Waals surface area contributed by atoms with Crippen molar-refractivity contribution in [3.05, 3.63) is 64.7 Å². The number of amides is 2. The Labute approximate surface area is 120 Å². The van der Waals surface area contributed by atoms with Gasteiger partial charge in [0.2, 0.25) is 5.72 Å². The van der Waals surface area contributed by atoms with Gasteiger partial charge in [-0.05, 0) is 18.2 Å². The van der Waals surface area contributed by atoms with E-state index in [0.29, 0.717) is 21.8 Å². The van der Waals surface area contributed by atoms with E-state index < -0.39 is 11.8 Å². The lowest BCUT2D eigenvalue weighted by Gasteiger charge is -2.41. The molecule has 0 bridgehead atoms. The van der Waals surface area contributed by atoms with Gasteiger partial charge in [-0.3, -0.25) is 0 Å². The van der Waals surface area contributed by atoms with Crippen molar-refractivity contribution in [2.75, 3.05) is 5.32 Å². The number of anilines is 1. The van der Waals surface area contributed by atoms with E-state index in [0.717, 1.165) is 5.01 Å². The molecule has 0 aromatic heterocycles. The molecule has 2 amide bonds. The van der Waals surface area contributed by atoms with Crippen LogP contribution in [0.2, 0.25) is 5.02 Å². The number of fused-ring (bicyclic) bond motifs is 1. The Morgan fingerprint density at radius 1 is 1.20 bits per heavy atom. The average molecular weight is 290 g/mol. The standard InChI is InChI=1S/C14H12ClN3O2/c15-10-6-7-12-11(8-10)14(20,18(16)13(19)17-12)9-4-2-1-3-5-9/h1-8,20H,16H2,(H,17,19). The molecule has 2 aromatic rings. The summed E-state index contributed by atoms with van der Waals surface area (Å²) < 4.78 is 0. The first-order chi connectivity index (χ1) is 9.53. The Hall–Kier alpha value is -2.08. The maximum atomic E-state index is 11.9. The molecule has 102 valence electrons. The molecular weight excluding hydrogens is 278 g/mol. The normalized spacial score (nSPS) is 21.4. The monoisotopic (exact) mass is 289 g/mol. The Balaban J connectivity index is 2.28. The Bertz CT molecular complexity index is 677. The maximum absolute atomic E-state index is 11.9. The van der Waals surface area contributed by atoms with Gasteiger partial charge in [-0.15, -0.1) is 0 Å². The number of hydrogen-bond acceptors (Lipinski definition) is 3. The summed E-state index contributed by atoms with van der Waals surface area (Å²) >= 11 is 5.99. The first kappa shape index (κ1) is 12.9. The summed E-state index contributed by atoms with van der Waals surface area (Å²) in [7, 11) is 0. The van der Waals surface area contributed by atoms with E-state index in [1.165, 1.54) is 0 Å². The van der Waals surface area contributed by atoms with E-state index in [1.807, 2.05) is 6.07 Å². The molecule has 0 aliphatic carbocycles. The summed E-state index contributed by atoms with van der Waals surface area (Å²) in [5.41, 5.74) is -0.365. The maximum Gasteiger partial charge on any atom is 0.339 e. The number of benzene rings is 2. The van der Waals surface area contributed by atoms with Crippen molar-refractivity contribution in [1.29, 1.82) is 0 Å². The van der Waals surface area contributed by atoms with Gasteiger partial charge in [0.15, 0.2) is 0 Å². The van der Waals surface area contributed by atoms with Gasteiger partial charge in [0.1, 0.15) is 0 Å². The van der Waals surface area contributed by atoms with E-state index in [4.69, 9.17) is 17.4 Å². The number of hydrogen-bond donors (Lipinski definition) is 3. The van der Waals surface area contributed by atoms with Crippen LogP contribution in [-0.4, -0.2) is 16.1 Å². The zero-order chi connectivity index (χ0) is 14.3. The molecule has 0 saturated carbocycles. The molecule has 1 unspecified atom stereocenters. The van der Waals surface area contributed by atoms with Crippen LogP contribution < -0.4 is 11.2 Å². The third-order valence-electron chi connectivity index (χ3n) is 3.34. The fraction of sp³-hybridized carbons (Fsp3) is 0.0714. The highest BCUT2D eigenvalue weighted by Gasteiger charge is 2.45. The third kappa shape index (κ3) is 1.76. The molecule has 20 heavy (non-hydrogen) atoms. The minimum Gasteiger partial charge on any atom is -0.362 e. The van der Waals surface area contributed by atoms with Crippen LogP contribution in [-0.2, 0) is 5.72 Å². The number of halogens is 1. The van der Waals surface area contributed by atoms with E-state index in [1.54, 1.807) is 42.5 Å². The molecule has 5 nitrogen and oxygen atoms in total. The summed E-state index contributed by atoms with van der Waals surface area (Å²) in [6.07, 6.45) is 0. The van der Waals surface area contributed by atoms with Crippen molar-refractivity contribution >= 4 is 23.3 Å². The molecular formula is C14H12ClN3O2. The number of hydrazine groups is 1. The molecule has 0 fully saturated rings. The van der Waals surface area contributed by atoms with Gasteiger partial charge < -0.3 is 10.4 Å². The quantitative estimate of drug-likeness (QED) is 0.556. The fourth-order valence-electron chi connectivity index (χ4n) is 2.33. The number of nitrogens with one attached hydrogen (secondary N) is 1. The van der Waals surface area contributed by atoms with Gasteiger partial charge in [0.25, 0.3) is 0 Å². The van der Waals surface area contributed by atoms with Gasteiger partial charge >= 0.3 is 6.03 Å². The van der Waals surface area contributed by atoms with Gasteiger partial charge in [0, 0.05) is 16.1 Å². The van der Waals surface area contributed by atoms with Crippen molar-refractivity contribution in [3.8, 4) is 0 Å². The van der Waals surface area contributed by atoms with Crippen molar-refractivity contribution in [2.24, 2.45) is 5.84 Å². The molecule has 2 aromatic carbocycles. The average Bonchev–Trinajstić information content (AvgIpc) is 2.47. The minimum atomic E-state index is -1.76. The van der Waals surface area contributed by atoms with E-state index in [9.17, 15) is 9.90 Å². The van der Waals surface area contributed by atoms with Crippen LogP contribution >= 0.6 is 11.6 Å². The van der Waals surface area contributed by atoms with E-state index in [-0.39, 0.29) is 0 Å². The lowest BCUT2D eigenvalue weighted by Crippen LogP contribution is -2.59. The molecule has 1 heterocycles. The summed E-state index contributed by atoms with van der Waals surface area (Å²) in [4.78, 5) is 11.9. The lowest BCUT2D eigenvalue weighted by molar-refractivity contribution is -0.0529. The highest BCUT2D eigenvalue weighted by molar-refractivity contribution is 6.30. The van der Waals surface area contributed by atoms with Gasteiger partial charge in [0.05, 0.1) is 5.69 Å². The number of rotatable bonds is 1. The number of nitrogens with zero attached hydrogens (tertiary/aromatic N) is 1. The van der Waals surface area contributed by atoms with Crippen LogP contribution in [0.4, 0.5) is 10.5 Å². The molecule has 6 heteroatoms. The van der Waals surface area contributed by atoms with Crippen molar-refractivity contribution in [1.82, 2.24) is 5.01 Å². The Morgan fingerprint density at radius 3 is 2.60 bits per heavy atom. The number of nitrogens with two attached hydrogens (primary N) is 1. The SMILES string of the molecule is NN1C(=O)Nc2ccc(Cl)cc2C1(O)c1ccccc1. The van der Waals surface area contributed by atoms with Crippen molar-refractivity contribution < 1.29 is 9.90 Å². The topological polar surface area (TPSA) is 78.6 Å². The van der Waals surface area contributed by atoms with Gasteiger partial charge in [-0.2, -0.15) is 0 Å². The summed E-state index contributed by atoms with van der Waals surface area (Å²) in [6.45, 7) is 0. The van der Waals surface area contributed by atoms with Crippen LogP contribution in [0.1, 0.15) is 11.1 Å². The second-order valence-corrected chi connectivity index (χ2v) is 4.96. The van der Waals surface area contributed by atoms with Crippen LogP contribution in [0.15, 0.2) is 48.5 Å². The fourth-order valence-corrected chi connectivity index (χ4v) is 2.50. The molecule has 1 aliphatic rings. The van der Waals surface area contributed by atoms with Crippen LogP contribution in [0, 0.1) is 0 Å². The van der Waals surface area contributed by atoms with Crippen LogP contribution in [0.5, 0.6) is 0 Å². The summed E-state index contributed by atoms with van der Waals surface area (Å²) in [5.74, 6) is 5.78. The number of urea groups is 1. The van der Waals surface area contributed by atoms with Crippen LogP contribution in [0.25, 0.3) is 0 Å². The third-order valence-corrected chi connectivity index (χ3v) is 3.58.